The number of aryl methyl sites for hydroxylation is 2. The number of benzene rings is 2. The van der Waals surface area contributed by atoms with E-state index in [-0.39, 0.29) is 17.9 Å². The molecule has 2 amide bonds. The molecule has 4 rings (SSSR count). The summed E-state index contributed by atoms with van der Waals surface area (Å²) in [5.41, 5.74) is 4.50. The van der Waals surface area contributed by atoms with E-state index in [2.05, 4.69) is 13.0 Å². The Bertz CT molecular complexity index is 806. The van der Waals surface area contributed by atoms with Gasteiger partial charge >= 0.3 is 0 Å². The molecule has 0 aromatic heterocycles. The van der Waals surface area contributed by atoms with Gasteiger partial charge in [0.15, 0.2) is 0 Å². The smallest absolute Gasteiger partial charge is 0.261 e. The summed E-state index contributed by atoms with van der Waals surface area (Å²) in [6, 6.07) is 11.1. The van der Waals surface area contributed by atoms with Crippen LogP contribution in [0.25, 0.3) is 0 Å². The van der Waals surface area contributed by atoms with Gasteiger partial charge in [-0.2, -0.15) is 0 Å². The monoisotopic (exact) mass is 307 g/mol. The van der Waals surface area contributed by atoms with Crippen molar-refractivity contribution in [2.45, 2.75) is 26.4 Å². The standard InChI is InChI=1S/C19H17NO3/c1-11-7-12(2)16-9-13(23-17(16)8-11)10-20-18(21)14-5-3-4-6-15(14)19(20)22/h3-8,13H,9-10H2,1-2H3. The summed E-state index contributed by atoms with van der Waals surface area (Å²) in [4.78, 5) is 26.2. The largest absolute Gasteiger partial charge is 0.488 e. The average Bonchev–Trinajstić information content (AvgIpc) is 3.03. The minimum atomic E-state index is -0.224. The maximum atomic E-state index is 12.4. The first-order chi connectivity index (χ1) is 11.0. The first kappa shape index (κ1) is 14.0. The third kappa shape index (κ3) is 2.13. The number of carbonyl (C=O) groups excluding carboxylic acids is 2. The summed E-state index contributed by atoms with van der Waals surface area (Å²) >= 11 is 0. The molecule has 2 aliphatic heterocycles. The predicted molar refractivity (Wildman–Crippen MR) is 85.8 cm³/mol. The van der Waals surface area contributed by atoms with Gasteiger partial charge in [0, 0.05) is 12.0 Å². The predicted octanol–water partition coefficient (Wildman–Crippen LogP) is 2.90. The van der Waals surface area contributed by atoms with Crippen molar-refractivity contribution in [2.75, 3.05) is 6.54 Å². The zero-order chi connectivity index (χ0) is 16.1. The molecule has 4 nitrogen and oxygen atoms in total. The maximum Gasteiger partial charge on any atom is 0.261 e. The number of imide groups is 1. The summed E-state index contributed by atoms with van der Waals surface area (Å²) in [6.07, 6.45) is 0.558. The Labute approximate surface area is 134 Å². The second-order valence-corrected chi connectivity index (χ2v) is 6.27. The van der Waals surface area contributed by atoms with Crippen LogP contribution in [0.2, 0.25) is 0 Å². The lowest BCUT2D eigenvalue weighted by atomic mass is 10.0. The first-order valence-electron chi connectivity index (χ1n) is 7.76. The van der Waals surface area contributed by atoms with E-state index in [0.717, 1.165) is 17.7 Å². The van der Waals surface area contributed by atoms with Gasteiger partial charge in [0.25, 0.3) is 11.8 Å². The molecule has 1 unspecified atom stereocenters. The van der Waals surface area contributed by atoms with Crippen LogP contribution in [0.15, 0.2) is 36.4 Å². The van der Waals surface area contributed by atoms with Gasteiger partial charge in [-0.25, -0.2) is 0 Å². The normalized spacial score (nSPS) is 18.9. The molecule has 0 radical (unpaired) electrons. The Morgan fingerprint density at radius 3 is 2.39 bits per heavy atom. The Morgan fingerprint density at radius 1 is 1.09 bits per heavy atom. The molecule has 23 heavy (non-hydrogen) atoms. The van der Waals surface area contributed by atoms with E-state index in [1.807, 2.05) is 13.0 Å². The van der Waals surface area contributed by atoms with Crippen molar-refractivity contribution in [3.63, 3.8) is 0 Å². The van der Waals surface area contributed by atoms with Gasteiger partial charge in [-0.15, -0.1) is 0 Å². The average molecular weight is 307 g/mol. The number of hydrogen-bond donors (Lipinski definition) is 0. The highest BCUT2D eigenvalue weighted by molar-refractivity contribution is 6.21. The number of hydrogen-bond acceptors (Lipinski definition) is 3. The Balaban J connectivity index is 1.56. The van der Waals surface area contributed by atoms with E-state index in [9.17, 15) is 9.59 Å². The molecular formula is C19H17NO3. The summed E-state index contributed by atoms with van der Waals surface area (Å²) < 4.78 is 5.98. The van der Waals surface area contributed by atoms with E-state index in [1.54, 1.807) is 24.3 Å². The van der Waals surface area contributed by atoms with Crippen molar-refractivity contribution >= 4 is 11.8 Å². The van der Waals surface area contributed by atoms with Crippen LogP contribution in [0.1, 0.15) is 37.4 Å². The third-order valence-electron chi connectivity index (χ3n) is 4.57. The van der Waals surface area contributed by atoms with Gasteiger partial charge in [0.2, 0.25) is 0 Å². The topological polar surface area (TPSA) is 46.6 Å². The number of carbonyl (C=O) groups is 2. The molecule has 0 bridgehead atoms. The summed E-state index contributed by atoms with van der Waals surface area (Å²) in [6.45, 7) is 4.40. The van der Waals surface area contributed by atoms with Gasteiger partial charge < -0.3 is 4.74 Å². The molecule has 1 atom stereocenters. The van der Waals surface area contributed by atoms with Gasteiger partial charge in [-0.05, 0) is 43.2 Å². The lowest BCUT2D eigenvalue weighted by Gasteiger charge is -2.18. The molecule has 0 aliphatic carbocycles. The molecule has 2 aromatic carbocycles. The minimum absolute atomic E-state index is 0.173. The molecule has 2 heterocycles. The van der Waals surface area contributed by atoms with Crippen molar-refractivity contribution < 1.29 is 14.3 Å². The molecule has 0 saturated heterocycles. The van der Waals surface area contributed by atoms with Crippen LogP contribution in [0.5, 0.6) is 5.75 Å². The van der Waals surface area contributed by atoms with Crippen molar-refractivity contribution in [3.8, 4) is 5.75 Å². The van der Waals surface area contributed by atoms with Gasteiger partial charge in [-0.1, -0.05) is 18.2 Å². The van der Waals surface area contributed by atoms with Crippen LogP contribution in [0, 0.1) is 13.8 Å². The zero-order valence-corrected chi connectivity index (χ0v) is 13.1. The van der Waals surface area contributed by atoms with Crippen LogP contribution in [0.4, 0.5) is 0 Å². The Hall–Kier alpha value is -2.62. The Morgan fingerprint density at radius 2 is 1.74 bits per heavy atom. The zero-order valence-electron chi connectivity index (χ0n) is 13.1. The van der Waals surface area contributed by atoms with E-state index in [1.165, 1.54) is 16.0 Å². The Kier molecular flexibility index (Phi) is 3.01. The molecule has 0 saturated carbocycles. The number of ether oxygens (including phenoxy) is 1. The molecule has 0 fully saturated rings. The molecule has 2 aromatic rings. The van der Waals surface area contributed by atoms with Crippen molar-refractivity contribution in [2.24, 2.45) is 0 Å². The second kappa shape index (κ2) is 4.95. The van der Waals surface area contributed by atoms with Crippen molar-refractivity contribution in [3.05, 3.63) is 64.2 Å². The van der Waals surface area contributed by atoms with Crippen LogP contribution in [-0.2, 0) is 6.42 Å². The van der Waals surface area contributed by atoms with Gasteiger partial charge in [-0.3, -0.25) is 14.5 Å². The quantitative estimate of drug-likeness (QED) is 0.802. The highest BCUT2D eigenvalue weighted by Gasteiger charge is 2.38. The van der Waals surface area contributed by atoms with Crippen molar-refractivity contribution in [1.29, 1.82) is 0 Å². The number of amides is 2. The fourth-order valence-electron chi connectivity index (χ4n) is 3.48. The van der Waals surface area contributed by atoms with E-state index < -0.39 is 0 Å². The first-order valence-corrected chi connectivity index (χ1v) is 7.76. The van der Waals surface area contributed by atoms with Gasteiger partial charge in [0.1, 0.15) is 11.9 Å². The highest BCUT2D eigenvalue weighted by Crippen LogP contribution is 2.34. The van der Waals surface area contributed by atoms with Crippen LogP contribution >= 0.6 is 0 Å². The van der Waals surface area contributed by atoms with Crippen molar-refractivity contribution in [1.82, 2.24) is 4.90 Å². The number of fused-ring (bicyclic) bond motifs is 2. The lowest BCUT2D eigenvalue weighted by molar-refractivity contribution is 0.0587. The second-order valence-electron chi connectivity index (χ2n) is 6.27. The van der Waals surface area contributed by atoms with E-state index in [4.69, 9.17) is 4.74 Å². The minimum Gasteiger partial charge on any atom is -0.488 e. The van der Waals surface area contributed by atoms with Crippen LogP contribution in [-0.4, -0.2) is 29.4 Å². The highest BCUT2D eigenvalue weighted by atomic mass is 16.5. The number of rotatable bonds is 2. The van der Waals surface area contributed by atoms with Gasteiger partial charge in [0.05, 0.1) is 17.7 Å². The SMILES string of the molecule is Cc1cc(C)c2c(c1)OC(CN1C(=O)c3ccccc3C1=O)C2. The summed E-state index contributed by atoms with van der Waals surface area (Å²) in [5.74, 6) is 0.431. The molecule has 2 aliphatic rings. The molecular weight excluding hydrogens is 290 g/mol. The fraction of sp³-hybridized carbons (Fsp3) is 0.263. The number of nitrogens with zero attached hydrogens (tertiary/aromatic N) is 1. The van der Waals surface area contributed by atoms with Crippen LogP contribution in [0.3, 0.4) is 0 Å². The third-order valence-corrected chi connectivity index (χ3v) is 4.57. The molecule has 4 heteroatoms. The molecule has 0 spiro atoms. The summed E-state index contributed by atoms with van der Waals surface area (Å²) in [5, 5.41) is 0. The summed E-state index contributed by atoms with van der Waals surface area (Å²) in [7, 11) is 0. The van der Waals surface area contributed by atoms with E-state index >= 15 is 0 Å². The maximum absolute atomic E-state index is 12.4. The lowest BCUT2D eigenvalue weighted by Crippen LogP contribution is -2.38. The van der Waals surface area contributed by atoms with Crippen LogP contribution < -0.4 is 4.74 Å². The fourth-order valence-corrected chi connectivity index (χ4v) is 3.48. The molecule has 0 N–H and O–H groups in total. The van der Waals surface area contributed by atoms with E-state index in [0.29, 0.717) is 17.7 Å². The molecule has 116 valence electrons.